The van der Waals surface area contributed by atoms with Gasteiger partial charge in [-0.05, 0) is 19.1 Å². The summed E-state index contributed by atoms with van der Waals surface area (Å²) in [6.07, 6.45) is -0.119. The minimum absolute atomic E-state index is 0.0152. The van der Waals surface area contributed by atoms with Crippen LogP contribution < -0.4 is 5.32 Å². The quantitative estimate of drug-likeness (QED) is 0.543. The molecule has 0 aliphatic carbocycles. The molecule has 0 aliphatic rings. The topological polar surface area (TPSA) is 94.6 Å². The van der Waals surface area contributed by atoms with E-state index in [1.165, 1.54) is 11.0 Å². The molecule has 12 heteroatoms. The summed E-state index contributed by atoms with van der Waals surface area (Å²) < 4.78 is 45.9. The van der Waals surface area contributed by atoms with Crippen LogP contribution in [0, 0.1) is 0 Å². The van der Waals surface area contributed by atoms with Gasteiger partial charge in [-0.3, -0.25) is 0 Å². The average molecular weight is 410 g/mol. The Hall–Kier alpha value is -3.21. The van der Waals surface area contributed by atoms with Gasteiger partial charge in [-0.15, -0.1) is 0 Å². The number of fused-ring (bicyclic) bond motifs is 1. The Kier molecular flexibility index (Phi) is 4.38. The molecule has 0 aliphatic heterocycles. The van der Waals surface area contributed by atoms with Crippen LogP contribution in [0.25, 0.3) is 17.0 Å². The SMILES string of the molecule is C[C@H](Nc1nc2cc(C(F)(F)F)c(Cl)cc2o1)c1ncnn1-c1ncccn1. The molecule has 3 aromatic heterocycles. The highest BCUT2D eigenvalue weighted by Gasteiger charge is 2.34. The van der Waals surface area contributed by atoms with Crippen molar-refractivity contribution in [2.75, 3.05) is 5.32 Å². The number of aromatic nitrogens is 6. The van der Waals surface area contributed by atoms with Gasteiger partial charge in [0.25, 0.3) is 12.0 Å². The number of hydrogen-bond donors (Lipinski definition) is 1. The monoisotopic (exact) mass is 409 g/mol. The van der Waals surface area contributed by atoms with Crippen LogP contribution in [0.2, 0.25) is 5.02 Å². The van der Waals surface area contributed by atoms with Gasteiger partial charge in [0.2, 0.25) is 0 Å². The molecule has 28 heavy (non-hydrogen) atoms. The smallest absolute Gasteiger partial charge is 0.417 e. The number of rotatable bonds is 4. The predicted octanol–water partition coefficient (Wildman–Crippen LogP) is 4.04. The first-order valence-electron chi connectivity index (χ1n) is 7.94. The molecule has 3 heterocycles. The number of hydrogen-bond acceptors (Lipinski definition) is 7. The van der Waals surface area contributed by atoms with E-state index in [4.69, 9.17) is 16.0 Å². The van der Waals surface area contributed by atoms with Crippen molar-refractivity contribution in [1.82, 2.24) is 29.7 Å². The van der Waals surface area contributed by atoms with Crippen molar-refractivity contribution < 1.29 is 17.6 Å². The van der Waals surface area contributed by atoms with Gasteiger partial charge in [0, 0.05) is 18.5 Å². The highest BCUT2D eigenvalue weighted by molar-refractivity contribution is 6.32. The number of alkyl halides is 3. The Morgan fingerprint density at radius 3 is 2.64 bits per heavy atom. The van der Waals surface area contributed by atoms with Crippen LogP contribution in [0.5, 0.6) is 0 Å². The summed E-state index contributed by atoms with van der Waals surface area (Å²) in [6.45, 7) is 1.76. The molecule has 4 aromatic rings. The molecule has 0 unspecified atom stereocenters. The van der Waals surface area contributed by atoms with Crippen molar-refractivity contribution in [3.05, 3.63) is 53.3 Å². The Balaban J connectivity index is 1.63. The molecule has 144 valence electrons. The molecule has 0 saturated heterocycles. The molecular formula is C16H11ClF3N7O. The Morgan fingerprint density at radius 2 is 1.93 bits per heavy atom. The maximum atomic E-state index is 13.0. The minimum Gasteiger partial charge on any atom is -0.423 e. The standard InChI is InChI=1S/C16H11ClF3N7O/c1-8(13-23-7-24-27(13)14-21-3-2-4-22-14)25-15-26-11-5-9(16(18,19)20)10(17)6-12(11)28-15/h2-8H,1H3,(H,25,26)/t8-/m0/s1. The minimum atomic E-state index is -4.59. The summed E-state index contributed by atoms with van der Waals surface area (Å²) >= 11 is 5.71. The summed E-state index contributed by atoms with van der Waals surface area (Å²) in [5.74, 6) is 0.783. The third kappa shape index (κ3) is 3.36. The van der Waals surface area contributed by atoms with Gasteiger partial charge in [0.1, 0.15) is 11.8 Å². The van der Waals surface area contributed by atoms with E-state index in [9.17, 15) is 13.2 Å². The van der Waals surface area contributed by atoms with Crippen molar-refractivity contribution in [3.8, 4) is 5.95 Å². The number of nitrogens with zero attached hydrogens (tertiary/aromatic N) is 6. The zero-order chi connectivity index (χ0) is 19.9. The summed E-state index contributed by atoms with van der Waals surface area (Å²) in [5.41, 5.74) is -0.824. The van der Waals surface area contributed by atoms with Crippen LogP contribution in [-0.2, 0) is 6.18 Å². The second-order valence-electron chi connectivity index (χ2n) is 5.76. The van der Waals surface area contributed by atoms with Gasteiger partial charge in [0.05, 0.1) is 16.6 Å². The van der Waals surface area contributed by atoms with Crippen LogP contribution >= 0.6 is 11.6 Å². The number of benzene rings is 1. The highest BCUT2D eigenvalue weighted by Crippen LogP contribution is 2.37. The summed E-state index contributed by atoms with van der Waals surface area (Å²) in [5, 5.41) is 6.57. The zero-order valence-corrected chi connectivity index (χ0v) is 14.9. The normalized spacial score (nSPS) is 13.0. The molecule has 0 fully saturated rings. The molecule has 0 spiro atoms. The van der Waals surface area contributed by atoms with E-state index < -0.39 is 22.8 Å². The average Bonchev–Trinajstić information content (AvgIpc) is 3.27. The van der Waals surface area contributed by atoms with Crippen molar-refractivity contribution in [1.29, 1.82) is 0 Å². The van der Waals surface area contributed by atoms with Gasteiger partial charge in [-0.2, -0.15) is 27.9 Å². The van der Waals surface area contributed by atoms with Gasteiger partial charge in [-0.1, -0.05) is 11.6 Å². The maximum Gasteiger partial charge on any atom is 0.417 e. The van der Waals surface area contributed by atoms with Crippen molar-refractivity contribution >= 4 is 28.7 Å². The lowest BCUT2D eigenvalue weighted by Gasteiger charge is -2.11. The highest BCUT2D eigenvalue weighted by atomic mass is 35.5. The molecule has 1 N–H and O–H groups in total. The van der Waals surface area contributed by atoms with E-state index in [1.54, 1.807) is 25.4 Å². The first-order chi connectivity index (χ1) is 13.3. The fraction of sp³-hybridized carbons (Fsp3) is 0.188. The van der Waals surface area contributed by atoms with Crippen LogP contribution in [0.4, 0.5) is 19.2 Å². The molecule has 0 radical (unpaired) electrons. The van der Waals surface area contributed by atoms with E-state index in [2.05, 4.69) is 30.4 Å². The van der Waals surface area contributed by atoms with E-state index in [1.807, 2.05) is 0 Å². The molecule has 0 amide bonds. The first-order valence-corrected chi connectivity index (χ1v) is 8.32. The van der Waals surface area contributed by atoms with Crippen LogP contribution in [0.1, 0.15) is 24.4 Å². The second-order valence-corrected chi connectivity index (χ2v) is 6.17. The lowest BCUT2D eigenvalue weighted by atomic mass is 10.2. The molecule has 8 nitrogen and oxygen atoms in total. The van der Waals surface area contributed by atoms with E-state index in [-0.39, 0.29) is 17.1 Å². The second kappa shape index (κ2) is 6.75. The van der Waals surface area contributed by atoms with E-state index in [0.717, 1.165) is 12.1 Å². The third-order valence-electron chi connectivity index (χ3n) is 3.83. The number of halogens is 4. The number of anilines is 1. The lowest BCUT2D eigenvalue weighted by molar-refractivity contribution is -0.137. The molecule has 1 atom stereocenters. The Bertz CT molecular complexity index is 1130. The Labute approximate surface area is 160 Å². The molecule has 4 rings (SSSR count). The van der Waals surface area contributed by atoms with Gasteiger partial charge in [0.15, 0.2) is 11.4 Å². The largest absolute Gasteiger partial charge is 0.423 e. The van der Waals surface area contributed by atoms with Crippen LogP contribution in [0.3, 0.4) is 0 Å². The van der Waals surface area contributed by atoms with Crippen molar-refractivity contribution in [3.63, 3.8) is 0 Å². The fourth-order valence-electron chi connectivity index (χ4n) is 2.58. The van der Waals surface area contributed by atoms with Gasteiger partial charge in [-0.25, -0.2) is 15.0 Å². The Morgan fingerprint density at radius 1 is 1.18 bits per heavy atom. The van der Waals surface area contributed by atoms with Gasteiger partial charge < -0.3 is 9.73 Å². The first kappa shape index (κ1) is 18.2. The maximum absolute atomic E-state index is 13.0. The number of nitrogens with one attached hydrogen (secondary N) is 1. The van der Waals surface area contributed by atoms with Gasteiger partial charge >= 0.3 is 6.18 Å². The fourth-order valence-corrected chi connectivity index (χ4v) is 2.84. The predicted molar refractivity (Wildman–Crippen MR) is 93.0 cm³/mol. The summed E-state index contributed by atoms with van der Waals surface area (Å²) in [7, 11) is 0. The lowest BCUT2D eigenvalue weighted by Crippen LogP contribution is -2.15. The third-order valence-corrected chi connectivity index (χ3v) is 4.14. The molecule has 0 saturated carbocycles. The number of oxazole rings is 1. The van der Waals surface area contributed by atoms with Crippen LogP contribution in [0.15, 0.2) is 41.3 Å². The molecule has 1 aromatic carbocycles. The summed E-state index contributed by atoms with van der Waals surface area (Å²) in [6, 6.07) is 3.15. The van der Waals surface area contributed by atoms with Crippen LogP contribution in [-0.4, -0.2) is 29.7 Å². The zero-order valence-electron chi connectivity index (χ0n) is 14.1. The van der Waals surface area contributed by atoms with E-state index in [0.29, 0.717) is 11.8 Å². The van der Waals surface area contributed by atoms with Crippen molar-refractivity contribution in [2.45, 2.75) is 19.1 Å². The molecular weight excluding hydrogens is 399 g/mol. The van der Waals surface area contributed by atoms with E-state index >= 15 is 0 Å². The molecule has 0 bridgehead atoms. The summed E-state index contributed by atoms with van der Waals surface area (Å²) in [4.78, 5) is 16.4. The van der Waals surface area contributed by atoms with Crippen molar-refractivity contribution in [2.24, 2.45) is 0 Å².